The van der Waals surface area contributed by atoms with Gasteiger partial charge in [-0.15, -0.1) is 0 Å². The van der Waals surface area contributed by atoms with Crippen LogP contribution in [0.2, 0.25) is 0 Å². The Labute approximate surface area is 119 Å². The third-order valence-electron chi connectivity index (χ3n) is 3.82. The number of hydrogen-bond acceptors (Lipinski definition) is 2. The predicted molar refractivity (Wildman–Crippen MR) is 78.1 cm³/mol. The van der Waals surface area contributed by atoms with Crippen LogP contribution in [-0.2, 0) is 16.8 Å². The number of amides is 1. The summed E-state index contributed by atoms with van der Waals surface area (Å²) < 4.78 is 0. The van der Waals surface area contributed by atoms with Gasteiger partial charge in [-0.05, 0) is 36.5 Å². The molecule has 1 fully saturated rings. The van der Waals surface area contributed by atoms with E-state index in [2.05, 4.69) is 22.4 Å². The molecule has 0 aliphatic heterocycles. The van der Waals surface area contributed by atoms with Gasteiger partial charge in [0.1, 0.15) is 0 Å². The summed E-state index contributed by atoms with van der Waals surface area (Å²) in [7, 11) is 0. The second kappa shape index (κ2) is 5.45. The maximum absolute atomic E-state index is 12.1. The summed E-state index contributed by atoms with van der Waals surface area (Å²) in [6.45, 7) is 0. The molecule has 0 spiro atoms. The number of nitrogens with one attached hydrogen (secondary N) is 1. The molecule has 3 heteroatoms. The molecular weight excluding hydrogens is 248 g/mol. The van der Waals surface area contributed by atoms with E-state index >= 15 is 0 Å². The van der Waals surface area contributed by atoms with Gasteiger partial charge in [-0.3, -0.25) is 9.78 Å². The van der Waals surface area contributed by atoms with E-state index in [0.717, 1.165) is 24.8 Å². The van der Waals surface area contributed by atoms with Gasteiger partial charge in [0.2, 0.25) is 5.91 Å². The molecule has 0 saturated heterocycles. The van der Waals surface area contributed by atoms with Crippen LogP contribution in [0.3, 0.4) is 0 Å². The van der Waals surface area contributed by atoms with E-state index in [1.54, 1.807) is 6.20 Å². The predicted octanol–water partition coefficient (Wildman–Crippen LogP) is 2.82. The van der Waals surface area contributed by atoms with Crippen molar-refractivity contribution in [1.82, 2.24) is 10.3 Å². The topological polar surface area (TPSA) is 42.0 Å². The number of aryl methyl sites for hydroxylation is 1. The van der Waals surface area contributed by atoms with Gasteiger partial charge in [0.05, 0.1) is 5.54 Å². The van der Waals surface area contributed by atoms with Crippen LogP contribution in [0.5, 0.6) is 0 Å². The van der Waals surface area contributed by atoms with Crippen molar-refractivity contribution in [1.29, 1.82) is 0 Å². The lowest BCUT2D eigenvalue weighted by Gasteiger charge is -2.18. The maximum atomic E-state index is 12.1. The maximum Gasteiger partial charge on any atom is 0.221 e. The Balaban J connectivity index is 1.57. The molecule has 3 nitrogen and oxygen atoms in total. The largest absolute Gasteiger partial charge is 0.347 e. The summed E-state index contributed by atoms with van der Waals surface area (Å²) in [5, 5.41) is 3.19. The zero-order valence-corrected chi connectivity index (χ0v) is 11.4. The molecule has 1 aliphatic carbocycles. The molecule has 1 aromatic carbocycles. The molecule has 1 N–H and O–H groups in total. The molecule has 0 bridgehead atoms. The molecule has 0 unspecified atom stereocenters. The quantitative estimate of drug-likeness (QED) is 0.904. The number of nitrogens with zero attached hydrogens (tertiary/aromatic N) is 1. The highest BCUT2D eigenvalue weighted by Crippen LogP contribution is 2.45. The van der Waals surface area contributed by atoms with Crippen LogP contribution in [0.4, 0.5) is 0 Å². The Morgan fingerprint density at radius 3 is 2.60 bits per heavy atom. The minimum absolute atomic E-state index is 0.104. The average molecular weight is 266 g/mol. The third-order valence-corrected chi connectivity index (χ3v) is 3.82. The molecule has 0 atom stereocenters. The molecule has 1 aromatic heterocycles. The molecule has 1 amide bonds. The van der Waals surface area contributed by atoms with Crippen molar-refractivity contribution in [3.63, 3.8) is 0 Å². The molecule has 20 heavy (non-hydrogen) atoms. The monoisotopic (exact) mass is 266 g/mol. The van der Waals surface area contributed by atoms with Gasteiger partial charge in [-0.2, -0.15) is 0 Å². The van der Waals surface area contributed by atoms with E-state index in [0.29, 0.717) is 6.42 Å². The molecule has 1 saturated carbocycles. The van der Waals surface area contributed by atoms with Crippen molar-refractivity contribution in [2.45, 2.75) is 31.2 Å². The highest BCUT2D eigenvalue weighted by atomic mass is 16.1. The van der Waals surface area contributed by atoms with Crippen molar-refractivity contribution in [2.24, 2.45) is 0 Å². The van der Waals surface area contributed by atoms with Crippen LogP contribution in [-0.4, -0.2) is 10.9 Å². The number of pyridine rings is 1. The normalized spacial score (nSPS) is 15.6. The summed E-state index contributed by atoms with van der Waals surface area (Å²) in [5.74, 6) is 0.121. The van der Waals surface area contributed by atoms with Crippen LogP contribution in [0.15, 0.2) is 54.9 Å². The van der Waals surface area contributed by atoms with Crippen LogP contribution in [0, 0.1) is 0 Å². The average Bonchev–Trinajstić information content (AvgIpc) is 3.28. The summed E-state index contributed by atoms with van der Waals surface area (Å²) in [5.41, 5.74) is 2.22. The van der Waals surface area contributed by atoms with Gasteiger partial charge in [0.25, 0.3) is 0 Å². The molecule has 102 valence electrons. The van der Waals surface area contributed by atoms with Gasteiger partial charge >= 0.3 is 0 Å². The van der Waals surface area contributed by atoms with Crippen molar-refractivity contribution in [3.8, 4) is 0 Å². The molecule has 1 aliphatic rings. The second-order valence-electron chi connectivity index (χ2n) is 5.36. The van der Waals surface area contributed by atoms with Crippen LogP contribution in [0.1, 0.15) is 30.4 Å². The van der Waals surface area contributed by atoms with Gasteiger partial charge in [0, 0.05) is 18.8 Å². The first-order valence-corrected chi connectivity index (χ1v) is 7.04. The van der Waals surface area contributed by atoms with E-state index in [1.807, 2.05) is 36.5 Å². The fourth-order valence-corrected chi connectivity index (χ4v) is 2.50. The first kappa shape index (κ1) is 12.9. The highest BCUT2D eigenvalue weighted by molar-refractivity contribution is 5.77. The van der Waals surface area contributed by atoms with E-state index in [9.17, 15) is 4.79 Å². The van der Waals surface area contributed by atoms with Crippen molar-refractivity contribution >= 4 is 5.91 Å². The lowest BCUT2D eigenvalue weighted by Crippen LogP contribution is -2.34. The number of carbonyl (C=O) groups is 1. The standard InChI is InChI=1S/C17H18N2O/c20-16(9-8-14-5-4-12-18-13-14)19-17(10-11-17)15-6-2-1-3-7-15/h1-7,12-13H,8-11H2,(H,19,20). The fraction of sp³-hybridized carbons (Fsp3) is 0.294. The Kier molecular flexibility index (Phi) is 3.50. The van der Waals surface area contributed by atoms with Gasteiger partial charge in [-0.1, -0.05) is 36.4 Å². The smallest absolute Gasteiger partial charge is 0.221 e. The molecular formula is C17H18N2O. The number of hydrogen-bond donors (Lipinski definition) is 1. The van der Waals surface area contributed by atoms with E-state index in [-0.39, 0.29) is 11.4 Å². The number of carbonyl (C=O) groups excluding carboxylic acids is 1. The Morgan fingerprint density at radius 1 is 1.15 bits per heavy atom. The second-order valence-corrected chi connectivity index (χ2v) is 5.36. The van der Waals surface area contributed by atoms with Gasteiger partial charge in [0.15, 0.2) is 0 Å². The van der Waals surface area contributed by atoms with Crippen LogP contribution in [0.25, 0.3) is 0 Å². The minimum atomic E-state index is -0.104. The Bertz CT molecular complexity index is 576. The Hall–Kier alpha value is -2.16. The van der Waals surface area contributed by atoms with Crippen molar-refractivity contribution in [2.75, 3.05) is 0 Å². The number of rotatable bonds is 5. The lowest BCUT2D eigenvalue weighted by molar-refractivity contribution is -0.122. The summed E-state index contributed by atoms with van der Waals surface area (Å²) in [6.07, 6.45) is 6.89. The SMILES string of the molecule is O=C(CCc1cccnc1)NC1(c2ccccc2)CC1. The van der Waals surface area contributed by atoms with Gasteiger partial charge in [-0.25, -0.2) is 0 Å². The van der Waals surface area contributed by atoms with Crippen molar-refractivity contribution < 1.29 is 4.79 Å². The van der Waals surface area contributed by atoms with Crippen LogP contribution < -0.4 is 5.32 Å². The zero-order valence-electron chi connectivity index (χ0n) is 11.4. The number of benzene rings is 1. The summed E-state index contributed by atoms with van der Waals surface area (Å²) in [6, 6.07) is 14.1. The molecule has 2 aromatic rings. The van der Waals surface area contributed by atoms with Crippen molar-refractivity contribution in [3.05, 3.63) is 66.0 Å². The summed E-state index contributed by atoms with van der Waals surface area (Å²) in [4.78, 5) is 16.2. The van der Waals surface area contributed by atoms with Gasteiger partial charge < -0.3 is 5.32 Å². The molecule has 3 rings (SSSR count). The Morgan fingerprint density at radius 2 is 1.95 bits per heavy atom. The summed E-state index contributed by atoms with van der Waals surface area (Å²) >= 11 is 0. The molecule has 0 radical (unpaired) electrons. The third kappa shape index (κ3) is 2.87. The first-order chi connectivity index (χ1) is 9.78. The lowest BCUT2D eigenvalue weighted by atomic mass is 10.0. The van der Waals surface area contributed by atoms with E-state index in [4.69, 9.17) is 0 Å². The first-order valence-electron chi connectivity index (χ1n) is 7.04. The van der Waals surface area contributed by atoms with E-state index < -0.39 is 0 Å². The zero-order chi connectivity index (χ0) is 13.8. The highest BCUT2D eigenvalue weighted by Gasteiger charge is 2.45. The molecule has 1 heterocycles. The minimum Gasteiger partial charge on any atom is -0.347 e. The fourth-order valence-electron chi connectivity index (χ4n) is 2.50. The van der Waals surface area contributed by atoms with Crippen LogP contribution >= 0.6 is 0 Å². The number of aromatic nitrogens is 1. The van der Waals surface area contributed by atoms with E-state index in [1.165, 1.54) is 5.56 Å².